The lowest BCUT2D eigenvalue weighted by atomic mass is 9.79. The molecule has 0 amide bonds. The van der Waals surface area contributed by atoms with Gasteiger partial charge in [-0.15, -0.1) is 0 Å². The van der Waals surface area contributed by atoms with Gasteiger partial charge in [0.15, 0.2) is 0 Å². The van der Waals surface area contributed by atoms with Crippen molar-refractivity contribution in [3.8, 4) is 0 Å². The molecule has 1 aliphatic heterocycles. The van der Waals surface area contributed by atoms with Gasteiger partial charge in [0.2, 0.25) is 0 Å². The van der Waals surface area contributed by atoms with Crippen LogP contribution in [0.5, 0.6) is 0 Å². The van der Waals surface area contributed by atoms with Gasteiger partial charge in [-0.2, -0.15) is 0 Å². The number of hydrogen-bond donors (Lipinski definition) is 1. The van der Waals surface area contributed by atoms with Crippen LogP contribution in [0.15, 0.2) is 24.3 Å². The Kier molecular flexibility index (Phi) is 4.22. The van der Waals surface area contributed by atoms with E-state index in [0.29, 0.717) is 5.92 Å². The highest BCUT2D eigenvalue weighted by atomic mass is 19.1. The normalized spacial score (nSPS) is 25.6. The summed E-state index contributed by atoms with van der Waals surface area (Å²) < 4.78 is 19.4. The number of rotatable bonds is 4. The lowest BCUT2D eigenvalue weighted by Crippen LogP contribution is -2.38. The minimum atomic E-state index is -0.190. The first-order chi connectivity index (χ1) is 9.25. The van der Waals surface area contributed by atoms with Gasteiger partial charge in [0.25, 0.3) is 0 Å². The molecule has 0 saturated carbocycles. The molecular weight excluding hydrogens is 253 g/mol. The third-order valence-corrected chi connectivity index (χ3v) is 4.20. The average molecular weight is 279 g/mol. The molecule has 0 spiro atoms. The average Bonchev–Trinajstić information content (AvgIpc) is 2.55. The predicted molar refractivity (Wildman–Crippen MR) is 80.2 cm³/mol. The minimum Gasteiger partial charge on any atom is -0.369 e. The number of hydrogen-bond acceptors (Lipinski definition) is 2. The summed E-state index contributed by atoms with van der Waals surface area (Å²) in [5.74, 6) is 0.175. The topological polar surface area (TPSA) is 21.3 Å². The van der Waals surface area contributed by atoms with Crippen LogP contribution in [-0.4, -0.2) is 17.7 Å². The number of ether oxygens (including phenoxy) is 1. The van der Waals surface area contributed by atoms with Gasteiger partial charge >= 0.3 is 0 Å². The highest BCUT2D eigenvalue weighted by Crippen LogP contribution is 2.47. The van der Waals surface area contributed by atoms with Crippen LogP contribution in [0.4, 0.5) is 4.39 Å². The van der Waals surface area contributed by atoms with Gasteiger partial charge in [0.1, 0.15) is 5.82 Å². The molecule has 1 fully saturated rings. The first-order valence-electron chi connectivity index (χ1n) is 7.44. The van der Waals surface area contributed by atoms with E-state index in [1.54, 1.807) is 0 Å². The zero-order valence-corrected chi connectivity index (χ0v) is 13.2. The summed E-state index contributed by atoms with van der Waals surface area (Å²) in [4.78, 5) is 0. The van der Waals surface area contributed by atoms with Gasteiger partial charge in [-0.05, 0) is 58.4 Å². The van der Waals surface area contributed by atoms with Crippen molar-refractivity contribution in [1.29, 1.82) is 0 Å². The lowest BCUT2D eigenvalue weighted by Gasteiger charge is -2.33. The van der Waals surface area contributed by atoms with E-state index in [2.05, 4.69) is 39.9 Å². The molecule has 1 aliphatic rings. The number of nitrogens with one attached hydrogen (secondary N) is 1. The van der Waals surface area contributed by atoms with Crippen LogP contribution in [0.25, 0.3) is 0 Å². The summed E-state index contributed by atoms with van der Waals surface area (Å²) in [5, 5.41) is 3.55. The molecule has 1 saturated heterocycles. The molecule has 1 aromatic rings. The van der Waals surface area contributed by atoms with Crippen LogP contribution < -0.4 is 5.32 Å². The molecule has 0 aliphatic carbocycles. The molecule has 3 heteroatoms. The number of halogens is 1. The Morgan fingerprint density at radius 2 is 1.85 bits per heavy atom. The molecular formula is C17H26FNO. The fourth-order valence-corrected chi connectivity index (χ4v) is 3.51. The summed E-state index contributed by atoms with van der Waals surface area (Å²) in [6.45, 7) is 11.6. The molecule has 1 N–H and O–H groups in total. The van der Waals surface area contributed by atoms with Crippen molar-refractivity contribution in [1.82, 2.24) is 5.32 Å². The monoisotopic (exact) mass is 279 g/mol. The maximum atomic E-state index is 13.1. The molecule has 0 bridgehead atoms. The Bertz CT molecular complexity index is 453. The van der Waals surface area contributed by atoms with E-state index in [1.807, 2.05) is 12.1 Å². The van der Waals surface area contributed by atoms with Crippen molar-refractivity contribution in [2.75, 3.05) is 6.54 Å². The van der Waals surface area contributed by atoms with E-state index in [4.69, 9.17) is 4.74 Å². The van der Waals surface area contributed by atoms with Crippen LogP contribution in [0.2, 0.25) is 0 Å². The summed E-state index contributed by atoms with van der Waals surface area (Å²) in [6.07, 6.45) is 0.995. The second-order valence-electron chi connectivity index (χ2n) is 6.86. The SMILES string of the molecule is CCNC(c1ccc(F)cc1)C1CC(C)(C)OC1(C)C. The summed E-state index contributed by atoms with van der Waals surface area (Å²) in [7, 11) is 0. The largest absolute Gasteiger partial charge is 0.369 e. The van der Waals surface area contributed by atoms with Crippen LogP contribution in [-0.2, 0) is 4.74 Å². The predicted octanol–water partition coefficient (Wildman–Crippen LogP) is 4.07. The van der Waals surface area contributed by atoms with Crippen molar-refractivity contribution in [2.24, 2.45) is 5.92 Å². The number of benzene rings is 1. The Morgan fingerprint density at radius 1 is 1.25 bits per heavy atom. The third kappa shape index (κ3) is 3.21. The van der Waals surface area contributed by atoms with Gasteiger partial charge in [0, 0.05) is 12.0 Å². The van der Waals surface area contributed by atoms with Crippen LogP contribution in [0.1, 0.15) is 52.6 Å². The van der Waals surface area contributed by atoms with Crippen molar-refractivity contribution >= 4 is 0 Å². The maximum Gasteiger partial charge on any atom is 0.123 e. The standard InChI is InChI=1S/C17H26FNO/c1-6-19-15(12-7-9-13(18)10-8-12)14-11-16(2,3)20-17(14,4)5/h7-10,14-15,19H,6,11H2,1-5H3. The van der Waals surface area contributed by atoms with Gasteiger partial charge in [-0.3, -0.25) is 0 Å². The van der Waals surface area contributed by atoms with Crippen molar-refractivity contribution in [3.63, 3.8) is 0 Å². The molecule has 2 unspecified atom stereocenters. The fourth-order valence-electron chi connectivity index (χ4n) is 3.51. The molecule has 1 aromatic carbocycles. The van der Waals surface area contributed by atoms with E-state index >= 15 is 0 Å². The van der Waals surface area contributed by atoms with Crippen LogP contribution in [0.3, 0.4) is 0 Å². The zero-order valence-electron chi connectivity index (χ0n) is 13.2. The smallest absolute Gasteiger partial charge is 0.123 e. The minimum absolute atomic E-state index is 0.109. The van der Waals surface area contributed by atoms with E-state index in [9.17, 15) is 4.39 Å². The molecule has 0 radical (unpaired) electrons. The Hall–Kier alpha value is -0.930. The Morgan fingerprint density at radius 3 is 2.30 bits per heavy atom. The first-order valence-corrected chi connectivity index (χ1v) is 7.44. The second kappa shape index (κ2) is 5.45. The first kappa shape index (κ1) is 15.5. The molecule has 2 nitrogen and oxygen atoms in total. The highest BCUT2D eigenvalue weighted by molar-refractivity contribution is 5.22. The van der Waals surface area contributed by atoms with E-state index < -0.39 is 0 Å². The van der Waals surface area contributed by atoms with Crippen LogP contribution >= 0.6 is 0 Å². The van der Waals surface area contributed by atoms with Gasteiger partial charge < -0.3 is 10.1 Å². The molecule has 1 heterocycles. The van der Waals surface area contributed by atoms with E-state index in [0.717, 1.165) is 18.5 Å². The van der Waals surface area contributed by atoms with Gasteiger partial charge in [-0.25, -0.2) is 4.39 Å². The van der Waals surface area contributed by atoms with Crippen molar-refractivity contribution < 1.29 is 9.13 Å². The lowest BCUT2D eigenvalue weighted by molar-refractivity contribution is -0.0778. The molecule has 2 rings (SSSR count). The zero-order chi connectivity index (χ0) is 15.0. The molecule has 20 heavy (non-hydrogen) atoms. The third-order valence-electron chi connectivity index (χ3n) is 4.20. The maximum absolute atomic E-state index is 13.1. The summed E-state index contributed by atoms with van der Waals surface area (Å²) >= 11 is 0. The van der Waals surface area contributed by atoms with E-state index in [-0.39, 0.29) is 23.1 Å². The quantitative estimate of drug-likeness (QED) is 0.897. The highest BCUT2D eigenvalue weighted by Gasteiger charge is 2.49. The van der Waals surface area contributed by atoms with E-state index in [1.165, 1.54) is 12.1 Å². The van der Waals surface area contributed by atoms with Crippen molar-refractivity contribution in [3.05, 3.63) is 35.6 Å². The molecule has 0 aromatic heterocycles. The fraction of sp³-hybridized carbons (Fsp3) is 0.647. The Labute approximate surface area is 121 Å². The van der Waals surface area contributed by atoms with Gasteiger partial charge in [-0.1, -0.05) is 19.1 Å². The summed E-state index contributed by atoms with van der Waals surface area (Å²) in [6, 6.07) is 7.02. The van der Waals surface area contributed by atoms with Crippen molar-refractivity contribution in [2.45, 2.75) is 58.3 Å². The molecule has 112 valence electrons. The Balaban J connectivity index is 2.31. The molecule has 2 atom stereocenters. The van der Waals surface area contributed by atoms with Gasteiger partial charge in [0.05, 0.1) is 11.2 Å². The second-order valence-corrected chi connectivity index (χ2v) is 6.86. The summed E-state index contributed by atoms with van der Waals surface area (Å²) in [5.41, 5.74) is 0.833. The van der Waals surface area contributed by atoms with Crippen LogP contribution in [0, 0.1) is 11.7 Å².